The molecule has 1 aliphatic heterocycles. The first-order valence-electron chi connectivity index (χ1n) is 7.59. The van der Waals surface area contributed by atoms with Crippen LogP contribution in [0, 0.1) is 0 Å². The van der Waals surface area contributed by atoms with Crippen LogP contribution in [0.15, 0.2) is 18.2 Å². The van der Waals surface area contributed by atoms with Gasteiger partial charge in [0.05, 0.1) is 0 Å². The van der Waals surface area contributed by atoms with E-state index in [4.69, 9.17) is 21.4 Å². The van der Waals surface area contributed by atoms with Crippen LogP contribution in [0.25, 0.3) is 0 Å². The van der Waals surface area contributed by atoms with Crippen LogP contribution < -0.4 is 4.74 Å². The van der Waals surface area contributed by atoms with E-state index in [1.165, 1.54) is 0 Å². The topological polar surface area (TPSA) is 116 Å². The van der Waals surface area contributed by atoms with Crippen molar-refractivity contribution in [2.24, 2.45) is 0 Å². The summed E-state index contributed by atoms with van der Waals surface area (Å²) in [6.45, 7) is 1.15. The summed E-state index contributed by atoms with van der Waals surface area (Å²) in [7, 11) is 0. The number of carboxylic acid groups (broad SMARTS) is 2. The van der Waals surface area contributed by atoms with Crippen molar-refractivity contribution in [3.63, 3.8) is 0 Å². The summed E-state index contributed by atoms with van der Waals surface area (Å²) in [6, 6.07) is 4.99. The summed E-state index contributed by atoms with van der Waals surface area (Å²) in [4.78, 5) is 24.0. The first kappa shape index (κ1) is 17.2. The highest BCUT2D eigenvalue weighted by Gasteiger charge is 2.25. The van der Waals surface area contributed by atoms with Crippen molar-refractivity contribution in [2.45, 2.75) is 19.5 Å². The molecule has 25 heavy (non-hydrogen) atoms. The summed E-state index contributed by atoms with van der Waals surface area (Å²) in [6.07, 6.45) is 0.654. The third kappa shape index (κ3) is 3.92. The molecule has 0 aliphatic carbocycles. The first-order valence-corrected chi connectivity index (χ1v) is 7.96. The summed E-state index contributed by atoms with van der Waals surface area (Å²) >= 11 is 6.04. The van der Waals surface area contributed by atoms with E-state index in [-0.39, 0.29) is 5.69 Å². The van der Waals surface area contributed by atoms with Gasteiger partial charge in [-0.2, -0.15) is 5.10 Å². The third-order valence-corrected chi connectivity index (χ3v) is 4.22. The van der Waals surface area contributed by atoms with Gasteiger partial charge >= 0.3 is 11.9 Å². The number of aromatic amines is 1. The maximum atomic E-state index is 11.3. The largest absolute Gasteiger partial charge is 0.482 e. The van der Waals surface area contributed by atoms with Gasteiger partial charge in [-0.1, -0.05) is 11.6 Å². The summed E-state index contributed by atoms with van der Waals surface area (Å²) in [5.41, 5.74) is 2.29. The van der Waals surface area contributed by atoms with E-state index in [0.717, 1.165) is 11.3 Å². The minimum absolute atomic E-state index is 0.0353. The zero-order chi connectivity index (χ0) is 18.0. The maximum absolute atomic E-state index is 11.3. The molecule has 0 saturated carbocycles. The average molecular weight is 366 g/mol. The van der Waals surface area contributed by atoms with E-state index in [2.05, 4.69) is 10.2 Å². The molecule has 8 nitrogen and oxygen atoms in total. The number of nitrogens with one attached hydrogen (secondary N) is 1. The molecule has 1 aromatic heterocycles. The SMILES string of the molecule is O=C(O)COc1ccc(Cl)cc1CN1CCc2[nH]nc(C(=O)O)c2C1. The zero-order valence-corrected chi connectivity index (χ0v) is 13.9. The van der Waals surface area contributed by atoms with Gasteiger partial charge in [0.1, 0.15) is 5.75 Å². The van der Waals surface area contributed by atoms with Gasteiger partial charge in [0.2, 0.25) is 0 Å². The lowest BCUT2D eigenvalue weighted by Gasteiger charge is -2.27. The highest BCUT2D eigenvalue weighted by molar-refractivity contribution is 6.30. The molecule has 0 spiro atoms. The van der Waals surface area contributed by atoms with Crippen LogP contribution in [-0.2, 0) is 24.3 Å². The molecule has 9 heteroatoms. The van der Waals surface area contributed by atoms with Gasteiger partial charge in [0, 0.05) is 47.9 Å². The molecule has 2 aromatic rings. The third-order valence-electron chi connectivity index (χ3n) is 3.98. The first-order chi connectivity index (χ1) is 11.9. The number of halogens is 1. The van der Waals surface area contributed by atoms with Gasteiger partial charge in [0.25, 0.3) is 0 Å². The summed E-state index contributed by atoms with van der Waals surface area (Å²) in [5.74, 6) is -1.68. The van der Waals surface area contributed by atoms with Crippen molar-refractivity contribution >= 4 is 23.5 Å². The zero-order valence-electron chi connectivity index (χ0n) is 13.2. The van der Waals surface area contributed by atoms with E-state index < -0.39 is 18.5 Å². The monoisotopic (exact) mass is 365 g/mol. The van der Waals surface area contributed by atoms with E-state index in [0.29, 0.717) is 42.4 Å². The highest BCUT2D eigenvalue weighted by atomic mass is 35.5. The molecule has 0 fully saturated rings. The van der Waals surface area contributed by atoms with Crippen LogP contribution in [-0.4, -0.2) is 50.4 Å². The Kier molecular flexibility index (Phi) is 4.91. The quantitative estimate of drug-likeness (QED) is 0.714. The Balaban J connectivity index is 1.78. The molecule has 0 unspecified atom stereocenters. The van der Waals surface area contributed by atoms with Crippen LogP contribution >= 0.6 is 11.6 Å². The fourth-order valence-electron chi connectivity index (χ4n) is 2.86. The Morgan fingerprint density at radius 1 is 1.36 bits per heavy atom. The molecule has 132 valence electrons. The normalized spacial score (nSPS) is 14.1. The number of aromatic nitrogens is 2. The number of fused-ring (bicyclic) bond motifs is 1. The highest BCUT2D eigenvalue weighted by Crippen LogP contribution is 2.27. The molecule has 3 N–H and O–H groups in total. The van der Waals surface area contributed by atoms with Crippen molar-refractivity contribution in [3.8, 4) is 5.75 Å². The standard InChI is InChI=1S/C16H16ClN3O5/c17-10-1-2-13(25-8-14(21)22)9(5-10)6-20-4-3-12-11(7-20)15(16(23)24)19-18-12/h1-2,5H,3-4,6-8H2,(H,18,19)(H,21,22)(H,23,24). The molecule has 0 radical (unpaired) electrons. The van der Waals surface area contributed by atoms with Crippen LogP contribution in [0.3, 0.4) is 0 Å². The number of benzene rings is 1. The summed E-state index contributed by atoms with van der Waals surface area (Å²) < 4.78 is 5.31. The average Bonchev–Trinajstić information content (AvgIpc) is 2.97. The van der Waals surface area contributed by atoms with E-state index in [1.807, 2.05) is 4.90 Å². The number of rotatable bonds is 6. The predicted molar refractivity (Wildman–Crippen MR) is 87.9 cm³/mol. The second-order valence-electron chi connectivity index (χ2n) is 5.73. The van der Waals surface area contributed by atoms with Crippen molar-refractivity contribution < 1.29 is 24.5 Å². The van der Waals surface area contributed by atoms with E-state index in [1.54, 1.807) is 18.2 Å². The molecule has 0 amide bonds. The smallest absolute Gasteiger partial charge is 0.356 e. The van der Waals surface area contributed by atoms with Crippen molar-refractivity contribution in [3.05, 3.63) is 45.7 Å². The van der Waals surface area contributed by atoms with Crippen LogP contribution in [0.4, 0.5) is 0 Å². The Bertz CT molecular complexity index is 820. The van der Waals surface area contributed by atoms with E-state index in [9.17, 15) is 14.7 Å². The number of aromatic carboxylic acids is 1. The van der Waals surface area contributed by atoms with Gasteiger partial charge in [-0.3, -0.25) is 10.00 Å². The van der Waals surface area contributed by atoms with Gasteiger partial charge in [-0.15, -0.1) is 0 Å². The molecule has 1 aliphatic rings. The van der Waals surface area contributed by atoms with Crippen molar-refractivity contribution in [1.82, 2.24) is 15.1 Å². The Morgan fingerprint density at radius 2 is 2.16 bits per heavy atom. The lowest BCUT2D eigenvalue weighted by atomic mass is 10.0. The number of hydrogen-bond acceptors (Lipinski definition) is 5. The fourth-order valence-corrected chi connectivity index (χ4v) is 3.05. The van der Waals surface area contributed by atoms with Gasteiger partial charge in [0.15, 0.2) is 12.3 Å². The number of ether oxygens (including phenoxy) is 1. The number of H-pyrrole nitrogens is 1. The van der Waals surface area contributed by atoms with Crippen LogP contribution in [0.5, 0.6) is 5.75 Å². The van der Waals surface area contributed by atoms with Gasteiger partial charge < -0.3 is 14.9 Å². The minimum Gasteiger partial charge on any atom is -0.482 e. The molecular formula is C16H16ClN3O5. The lowest BCUT2D eigenvalue weighted by Crippen LogP contribution is -2.30. The summed E-state index contributed by atoms with van der Waals surface area (Å²) in [5, 5.41) is 25.1. The van der Waals surface area contributed by atoms with Crippen LogP contribution in [0.1, 0.15) is 27.3 Å². The van der Waals surface area contributed by atoms with Crippen LogP contribution in [0.2, 0.25) is 5.02 Å². The Morgan fingerprint density at radius 3 is 2.88 bits per heavy atom. The predicted octanol–water partition coefficient (Wildman–Crippen LogP) is 1.78. The molecule has 0 atom stereocenters. The van der Waals surface area contributed by atoms with E-state index >= 15 is 0 Å². The fraction of sp³-hybridized carbons (Fsp3) is 0.312. The number of aliphatic carboxylic acids is 1. The second kappa shape index (κ2) is 7.12. The molecule has 3 rings (SSSR count). The molecule has 2 heterocycles. The molecule has 0 saturated heterocycles. The molecule has 0 bridgehead atoms. The maximum Gasteiger partial charge on any atom is 0.356 e. The lowest BCUT2D eigenvalue weighted by molar-refractivity contribution is -0.139. The Hall–Kier alpha value is -2.58. The molecule has 1 aromatic carbocycles. The minimum atomic E-state index is -1.06. The van der Waals surface area contributed by atoms with Gasteiger partial charge in [-0.25, -0.2) is 9.59 Å². The second-order valence-corrected chi connectivity index (χ2v) is 6.17. The number of carboxylic acids is 2. The Labute approximate surface area is 148 Å². The molecular weight excluding hydrogens is 350 g/mol. The number of nitrogens with zero attached hydrogens (tertiary/aromatic N) is 2. The number of hydrogen-bond donors (Lipinski definition) is 3. The van der Waals surface area contributed by atoms with Gasteiger partial charge in [-0.05, 0) is 18.2 Å². The van der Waals surface area contributed by atoms with Crippen molar-refractivity contribution in [2.75, 3.05) is 13.2 Å². The number of carbonyl (C=O) groups is 2. The van der Waals surface area contributed by atoms with Crippen molar-refractivity contribution in [1.29, 1.82) is 0 Å².